The van der Waals surface area contributed by atoms with Crippen molar-refractivity contribution in [2.75, 3.05) is 54.4 Å². The number of likely N-dealkylation sites (N-methyl/N-ethyl adjacent to an activating group) is 1. The van der Waals surface area contributed by atoms with Crippen LogP contribution in [0.25, 0.3) is 0 Å². The topological polar surface area (TPSA) is 69.2 Å². The molecule has 0 atom stereocenters. The average molecular weight is 440 g/mol. The third kappa shape index (κ3) is 8.59. The van der Waals surface area contributed by atoms with Gasteiger partial charge in [-0.1, -0.05) is 30.3 Å². The number of hydrogen-bond acceptors (Lipinski definition) is 4. The summed E-state index contributed by atoms with van der Waals surface area (Å²) in [7, 11) is 7.59. The number of carbonyl (C=O) groups excluding carboxylic acids is 1. The van der Waals surface area contributed by atoms with E-state index in [1.165, 1.54) is 0 Å². The quantitative estimate of drug-likeness (QED) is 0.416. The Kier molecular flexibility index (Phi) is 10.5. The lowest BCUT2D eigenvalue weighted by Crippen LogP contribution is -2.38. The van der Waals surface area contributed by atoms with Crippen LogP contribution in [0.4, 0.5) is 0 Å². The van der Waals surface area contributed by atoms with E-state index >= 15 is 0 Å². The third-order valence-corrected chi connectivity index (χ3v) is 4.81. The van der Waals surface area contributed by atoms with Crippen molar-refractivity contribution in [1.29, 1.82) is 0 Å². The minimum atomic E-state index is 0.0150. The highest BCUT2D eigenvalue weighted by molar-refractivity contribution is 5.94. The fraction of sp³-hybridized carbons (Fsp3) is 0.440. The second-order valence-electron chi connectivity index (χ2n) is 8.03. The largest absolute Gasteiger partial charge is 0.492 e. The van der Waals surface area contributed by atoms with Gasteiger partial charge in [-0.05, 0) is 51.2 Å². The number of nitrogens with zero attached hydrogens (tertiary/aromatic N) is 3. The van der Waals surface area contributed by atoms with Gasteiger partial charge in [0.2, 0.25) is 0 Å². The number of para-hydroxylation sites is 1. The van der Waals surface area contributed by atoms with Gasteiger partial charge in [0.1, 0.15) is 12.4 Å². The van der Waals surface area contributed by atoms with Crippen LogP contribution in [0.3, 0.4) is 0 Å². The van der Waals surface area contributed by atoms with Crippen molar-refractivity contribution in [3.63, 3.8) is 0 Å². The van der Waals surface area contributed by atoms with Crippen LogP contribution < -0.4 is 15.4 Å². The van der Waals surface area contributed by atoms with E-state index < -0.39 is 0 Å². The molecular formula is C25H37N5O2. The Balaban J connectivity index is 1.95. The van der Waals surface area contributed by atoms with Crippen LogP contribution in [0.1, 0.15) is 28.4 Å². The van der Waals surface area contributed by atoms with Gasteiger partial charge >= 0.3 is 0 Å². The van der Waals surface area contributed by atoms with Crippen LogP contribution in [0.5, 0.6) is 5.75 Å². The summed E-state index contributed by atoms with van der Waals surface area (Å²) in [5, 5.41) is 6.68. The summed E-state index contributed by atoms with van der Waals surface area (Å²) in [6, 6.07) is 15.8. The van der Waals surface area contributed by atoms with Crippen molar-refractivity contribution in [3.8, 4) is 5.75 Å². The number of carbonyl (C=O) groups is 1. The van der Waals surface area contributed by atoms with Gasteiger partial charge in [0.25, 0.3) is 5.91 Å². The number of ether oxygens (including phenoxy) is 1. The first-order chi connectivity index (χ1) is 15.4. The number of nitrogens with one attached hydrogen (secondary N) is 2. The van der Waals surface area contributed by atoms with E-state index in [0.717, 1.165) is 42.3 Å². The molecule has 0 bridgehead atoms. The van der Waals surface area contributed by atoms with Crippen LogP contribution >= 0.6 is 0 Å². The maximum Gasteiger partial charge on any atom is 0.253 e. The van der Waals surface area contributed by atoms with Crippen LogP contribution in [0.15, 0.2) is 53.5 Å². The van der Waals surface area contributed by atoms with Gasteiger partial charge in [-0.2, -0.15) is 0 Å². The molecule has 0 aliphatic heterocycles. The summed E-state index contributed by atoms with van der Waals surface area (Å²) in [4.78, 5) is 20.6. The average Bonchev–Trinajstić information content (AvgIpc) is 2.77. The smallest absolute Gasteiger partial charge is 0.253 e. The second kappa shape index (κ2) is 13.4. The zero-order valence-electron chi connectivity index (χ0n) is 20.0. The number of hydrogen-bond donors (Lipinski definition) is 2. The highest BCUT2D eigenvalue weighted by Crippen LogP contribution is 2.18. The van der Waals surface area contributed by atoms with E-state index in [-0.39, 0.29) is 5.91 Å². The number of benzene rings is 2. The summed E-state index contributed by atoms with van der Waals surface area (Å²) in [5.74, 6) is 1.65. The van der Waals surface area contributed by atoms with E-state index in [1.54, 1.807) is 19.0 Å². The van der Waals surface area contributed by atoms with Gasteiger partial charge in [-0.15, -0.1) is 0 Å². The van der Waals surface area contributed by atoms with E-state index in [2.05, 4.69) is 15.5 Å². The molecule has 0 saturated carbocycles. The fourth-order valence-electron chi connectivity index (χ4n) is 3.06. The molecule has 0 saturated heterocycles. The highest BCUT2D eigenvalue weighted by Gasteiger charge is 2.08. The van der Waals surface area contributed by atoms with E-state index in [9.17, 15) is 4.79 Å². The third-order valence-electron chi connectivity index (χ3n) is 4.81. The fourth-order valence-corrected chi connectivity index (χ4v) is 3.06. The monoisotopic (exact) mass is 439 g/mol. The van der Waals surface area contributed by atoms with Crippen molar-refractivity contribution in [3.05, 3.63) is 65.2 Å². The molecule has 2 rings (SSSR count). The maximum absolute atomic E-state index is 12.2. The molecule has 0 fully saturated rings. The molecule has 2 N–H and O–H groups in total. The summed E-state index contributed by atoms with van der Waals surface area (Å²) >= 11 is 0. The van der Waals surface area contributed by atoms with Crippen LogP contribution in [-0.4, -0.2) is 76.1 Å². The molecule has 0 aliphatic rings. The molecule has 0 heterocycles. The summed E-state index contributed by atoms with van der Waals surface area (Å²) < 4.78 is 5.94. The van der Waals surface area contributed by atoms with Crippen molar-refractivity contribution in [2.45, 2.75) is 19.9 Å². The SMILES string of the molecule is CCNC(=NCc1ccccc1OCCN(C)C)NCCc1cccc(C(=O)N(C)C)c1. The Bertz CT molecular complexity index is 880. The number of rotatable bonds is 11. The standard InChI is InChI=1S/C25H37N5O2/c1-6-26-25(27-15-14-20-10-9-12-21(18-20)24(31)30(4)5)28-19-22-11-7-8-13-23(22)32-17-16-29(2)3/h7-13,18H,6,14-17,19H2,1-5H3,(H2,26,27,28). The molecule has 0 aromatic heterocycles. The normalized spacial score (nSPS) is 11.4. The lowest BCUT2D eigenvalue weighted by Gasteiger charge is -2.15. The predicted octanol–water partition coefficient (Wildman–Crippen LogP) is 2.63. The number of guanidine groups is 1. The van der Waals surface area contributed by atoms with Crippen LogP contribution in [0, 0.1) is 0 Å². The Morgan fingerprint density at radius 3 is 2.53 bits per heavy atom. The molecule has 7 heteroatoms. The Hall–Kier alpha value is -3.06. The van der Waals surface area contributed by atoms with Gasteiger partial charge in [-0.3, -0.25) is 4.79 Å². The van der Waals surface area contributed by atoms with Gasteiger partial charge in [0.05, 0.1) is 6.54 Å². The lowest BCUT2D eigenvalue weighted by atomic mass is 10.1. The van der Waals surface area contributed by atoms with Crippen LogP contribution in [-0.2, 0) is 13.0 Å². The van der Waals surface area contributed by atoms with E-state index in [1.807, 2.05) is 69.6 Å². The predicted molar refractivity (Wildman–Crippen MR) is 131 cm³/mol. The molecule has 32 heavy (non-hydrogen) atoms. The lowest BCUT2D eigenvalue weighted by molar-refractivity contribution is 0.0827. The number of aliphatic imine (C=N–C) groups is 1. The second-order valence-corrected chi connectivity index (χ2v) is 8.03. The summed E-state index contributed by atoms with van der Waals surface area (Å²) in [6.07, 6.45) is 0.795. The summed E-state index contributed by atoms with van der Waals surface area (Å²) in [5.41, 5.74) is 2.87. The van der Waals surface area contributed by atoms with Crippen molar-refractivity contribution in [2.24, 2.45) is 4.99 Å². The van der Waals surface area contributed by atoms with E-state index in [0.29, 0.717) is 25.3 Å². The molecule has 0 radical (unpaired) electrons. The van der Waals surface area contributed by atoms with Gasteiger partial charge < -0.3 is 25.2 Å². The molecular weight excluding hydrogens is 402 g/mol. The Morgan fingerprint density at radius 2 is 1.81 bits per heavy atom. The van der Waals surface area contributed by atoms with Gasteiger partial charge in [0.15, 0.2) is 5.96 Å². The number of amides is 1. The van der Waals surface area contributed by atoms with Crippen LogP contribution in [0.2, 0.25) is 0 Å². The summed E-state index contributed by atoms with van der Waals surface area (Å²) in [6.45, 7) is 5.57. The molecule has 174 valence electrons. The molecule has 0 spiro atoms. The first-order valence-corrected chi connectivity index (χ1v) is 11.1. The molecule has 7 nitrogen and oxygen atoms in total. The maximum atomic E-state index is 12.2. The molecule has 0 unspecified atom stereocenters. The van der Waals surface area contributed by atoms with E-state index in [4.69, 9.17) is 9.73 Å². The highest BCUT2D eigenvalue weighted by atomic mass is 16.5. The minimum Gasteiger partial charge on any atom is -0.492 e. The first kappa shape index (κ1) is 25.2. The zero-order valence-corrected chi connectivity index (χ0v) is 20.0. The molecule has 2 aromatic carbocycles. The van der Waals surface area contributed by atoms with Crippen molar-refractivity contribution >= 4 is 11.9 Å². The Morgan fingerprint density at radius 1 is 1.03 bits per heavy atom. The van der Waals surface area contributed by atoms with Crippen molar-refractivity contribution < 1.29 is 9.53 Å². The molecule has 1 amide bonds. The first-order valence-electron chi connectivity index (χ1n) is 11.1. The van der Waals surface area contributed by atoms with Crippen molar-refractivity contribution in [1.82, 2.24) is 20.4 Å². The zero-order chi connectivity index (χ0) is 23.3. The molecule has 2 aromatic rings. The van der Waals surface area contributed by atoms with Gasteiger partial charge in [-0.25, -0.2) is 4.99 Å². The minimum absolute atomic E-state index is 0.0150. The molecule has 0 aliphatic carbocycles. The van der Waals surface area contributed by atoms with Gasteiger partial charge in [0, 0.05) is 44.9 Å². The Labute approximate surface area is 192 Å².